The Bertz CT molecular complexity index is 594. The molecule has 1 fully saturated rings. The lowest BCUT2D eigenvalue weighted by Gasteiger charge is -2.21. The van der Waals surface area contributed by atoms with Crippen molar-refractivity contribution in [2.45, 2.75) is 19.9 Å². The SMILES string of the molecule is Cc1nc(C(=O)N2CCCN(Cc3cccs3)CC2)cs1. The van der Waals surface area contributed by atoms with Crippen molar-refractivity contribution in [1.82, 2.24) is 14.8 Å². The van der Waals surface area contributed by atoms with Crippen molar-refractivity contribution in [3.05, 3.63) is 38.5 Å². The summed E-state index contributed by atoms with van der Waals surface area (Å²) in [4.78, 5) is 22.5. The zero-order chi connectivity index (χ0) is 14.7. The van der Waals surface area contributed by atoms with Crippen LogP contribution in [-0.4, -0.2) is 46.9 Å². The van der Waals surface area contributed by atoms with Crippen molar-refractivity contribution < 1.29 is 4.79 Å². The van der Waals surface area contributed by atoms with Gasteiger partial charge in [0.25, 0.3) is 5.91 Å². The van der Waals surface area contributed by atoms with Gasteiger partial charge in [-0.25, -0.2) is 4.98 Å². The van der Waals surface area contributed by atoms with Crippen LogP contribution in [0, 0.1) is 6.92 Å². The number of rotatable bonds is 3. The molecular formula is C15H19N3OS2. The number of hydrogen-bond donors (Lipinski definition) is 0. The van der Waals surface area contributed by atoms with E-state index in [0.29, 0.717) is 5.69 Å². The Morgan fingerprint density at radius 1 is 1.29 bits per heavy atom. The van der Waals surface area contributed by atoms with Crippen LogP contribution in [0.25, 0.3) is 0 Å². The molecule has 112 valence electrons. The molecule has 2 aromatic heterocycles. The first kappa shape index (κ1) is 14.7. The van der Waals surface area contributed by atoms with Crippen LogP contribution in [-0.2, 0) is 6.54 Å². The highest BCUT2D eigenvalue weighted by Crippen LogP contribution is 2.16. The van der Waals surface area contributed by atoms with E-state index in [-0.39, 0.29) is 5.91 Å². The van der Waals surface area contributed by atoms with Gasteiger partial charge in [-0.3, -0.25) is 9.69 Å². The molecule has 1 aliphatic heterocycles. The standard InChI is InChI=1S/C15H19N3OS2/c1-12-16-14(11-21-12)15(19)18-6-3-5-17(7-8-18)10-13-4-2-9-20-13/h2,4,9,11H,3,5-8,10H2,1H3. The van der Waals surface area contributed by atoms with Gasteiger partial charge in [-0.1, -0.05) is 6.07 Å². The summed E-state index contributed by atoms with van der Waals surface area (Å²) in [5.74, 6) is 0.0809. The van der Waals surface area contributed by atoms with Crippen LogP contribution >= 0.6 is 22.7 Å². The highest BCUT2D eigenvalue weighted by molar-refractivity contribution is 7.10. The van der Waals surface area contributed by atoms with E-state index >= 15 is 0 Å². The van der Waals surface area contributed by atoms with Crippen molar-refractivity contribution in [2.75, 3.05) is 26.2 Å². The van der Waals surface area contributed by atoms with E-state index in [0.717, 1.165) is 44.2 Å². The van der Waals surface area contributed by atoms with Gasteiger partial charge in [-0.05, 0) is 24.8 Å². The molecule has 1 amide bonds. The fourth-order valence-corrected chi connectivity index (χ4v) is 3.91. The molecular weight excluding hydrogens is 302 g/mol. The van der Waals surface area contributed by atoms with Gasteiger partial charge in [0.05, 0.1) is 5.01 Å². The largest absolute Gasteiger partial charge is 0.336 e. The van der Waals surface area contributed by atoms with E-state index in [9.17, 15) is 4.79 Å². The molecule has 0 saturated carbocycles. The number of nitrogens with zero attached hydrogens (tertiary/aromatic N) is 3. The summed E-state index contributed by atoms with van der Waals surface area (Å²) in [5, 5.41) is 4.94. The molecule has 0 bridgehead atoms. The molecule has 3 rings (SSSR count). The highest BCUT2D eigenvalue weighted by atomic mass is 32.1. The first-order valence-electron chi connectivity index (χ1n) is 7.18. The molecule has 0 aliphatic carbocycles. The van der Waals surface area contributed by atoms with Gasteiger partial charge < -0.3 is 4.90 Å². The van der Waals surface area contributed by atoms with Gasteiger partial charge in [0, 0.05) is 43.0 Å². The first-order chi connectivity index (χ1) is 10.2. The van der Waals surface area contributed by atoms with Crippen LogP contribution in [0.4, 0.5) is 0 Å². The molecule has 0 unspecified atom stereocenters. The Kier molecular flexibility index (Phi) is 4.67. The van der Waals surface area contributed by atoms with Crippen LogP contribution in [0.1, 0.15) is 26.8 Å². The molecule has 1 saturated heterocycles. The molecule has 0 atom stereocenters. The minimum absolute atomic E-state index is 0.0809. The zero-order valence-electron chi connectivity index (χ0n) is 12.1. The normalized spacial score (nSPS) is 16.9. The van der Waals surface area contributed by atoms with E-state index in [2.05, 4.69) is 27.4 Å². The number of aromatic nitrogens is 1. The van der Waals surface area contributed by atoms with Crippen LogP contribution in [0.2, 0.25) is 0 Å². The quantitative estimate of drug-likeness (QED) is 0.872. The second-order valence-corrected chi connectivity index (χ2v) is 7.35. The summed E-state index contributed by atoms with van der Waals surface area (Å²) >= 11 is 3.34. The van der Waals surface area contributed by atoms with Gasteiger partial charge >= 0.3 is 0 Å². The third-order valence-corrected chi connectivity index (χ3v) is 5.31. The van der Waals surface area contributed by atoms with Crippen molar-refractivity contribution in [2.24, 2.45) is 0 Å². The lowest BCUT2D eigenvalue weighted by atomic mass is 10.3. The summed E-state index contributed by atoms with van der Waals surface area (Å²) < 4.78 is 0. The Labute approximate surface area is 133 Å². The minimum Gasteiger partial charge on any atom is -0.336 e. The van der Waals surface area contributed by atoms with Crippen molar-refractivity contribution in [3.63, 3.8) is 0 Å². The Balaban J connectivity index is 1.59. The maximum absolute atomic E-state index is 12.4. The number of thiazole rings is 1. The van der Waals surface area contributed by atoms with E-state index in [1.165, 1.54) is 16.2 Å². The number of amides is 1. The average molecular weight is 321 g/mol. The van der Waals surface area contributed by atoms with Gasteiger partial charge in [-0.15, -0.1) is 22.7 Å². The fraction of sp³-hybridized carbons (Fsp3) is 0.467. The van der Waals surface area contributed by atoms with Crippen LogP contribution in [0.3, 0.4) is 0 Å². The lowest BCUT2D eigenvalue weighted by Crippen LogP contribution is -2.35. The first-order valence-corrected chi connectivity index (χ1v) is 8.94. The van der Waals surface area contributed by atoms with E-state index in [4.69, 9.17) is 0 Å². The van der Waals surface area contributed by atoms with Gasteiger partial charge in [0.15, 0.2) is 0 Å². The second-order valence-electron chi connectivity index (χ2n) is 5.25. The van der Waals surface area contributed by atoms with Gasteiger partial charge in [0.2, 0.25) is 0 Å². The maximum Gasteiger partial charge on any atom is 0.273 e. The fourth-order valence-electron chi connectivity index (χ4n) is 2.58. The average Bonchev–Trinajstić information content (AvgIpc) is 3.07. The van der Waals surface area contributed by atoms with E-state index in [1.54, 1.807) is 11.3 Å². The predicted octanol–water partition coefficient (Wildman–Crippen LogP) is 2.86. The topological polar surface area (TPSA) is 36.4 Å². The Morgan fingerprint density at radius 2 is 2.19 bits per heavy atom. The highest BCUT2D eigenvalue weighted by Gasteiger charge is 2.21. The number of hydrogen-bond acceptors (Lipinski definition) is 5. The molecule has 4 nitrogen and oxygen atoms in total. The van der Waals surface area contributed by atoms with Crippen LogP contribution in [0.5, 0.6) is 0 Å². The summed E-state index contributed by atoms with van der Waals surface area (Å²) in [7, 11) is 0. The molecule has 6 heteroatoms. The molecule has 0 radical (unpaired) electrons. The minimum atomic E-state index is 0.0809. The number of aryl methyl sites for hydroxylation is 1. The van der Waals surface area contributed by atoms with Crippen LogP contribution < -0.4 is 0 Å². The Morgan fingerprint density at radius 3 is 2.90 bits per heavy atom. The predicted molar refractivity (Wildman–Crippen MR) is 87.0 cm³/mol. The summed E-state index contributed by atoms with van der Waals surface area (Å²) in [5.41, 5.74) is 0.601. The zero-order valence-corrected chi connectivity index (χ0v) is 13.8. The van der Waals surface area contributed by atoms with Gasteiger partial charge in [0.1, 0.15) is 5.69 Å². The van der Waals surface area contributed by atoms with Crippen LogP contribution in [0.15, 0.2) is 22.9 Å². The molecule has 0 spiro atoms. The Hall–Kier alpha value is -1.24. The van der Waals surface area contributed by atoms with E-state index < -0.39 is 0 Å². The molecule has 2 aromatic rings. The number of carbonyl (C=O) groups is 1. The lowest BCUT2D eigenvalue weighted by molar-refractivity contribution is 0.0756. The van der Waals surface area contributed by atoms with Crippen molar-refractivity contribution in [3.8, 4) is 0 Å². The summed E-state index contributed by atoms with van der Waals surface area (Å²) in [6.45, 7) is 6.55. The van der Waals surface area contributed by atoms with Crippen molar-refractivity contribution >= 4 is 28.6 Å². The third-order valence-electron chi connectivity index (χ3n) is 3.67. The molecule has 1 aliphatic rings. The molecule has 3 heterocycles. The maximum atomic E-state index is 12.4. The third kappa shape index (κ3) is 3.70. The molecule has 0 aromatic carbocycles. The monoisotopic (exact) mass is 321 g/mol. The second kappa shape index (κ2) is 6.68. The molecule has 21 heavy (non-hydrogen) atoms. The van der Waals surface area contributed by atoms with Gasteiger partial charge in [-0.2, -0.15) is 0 Å². The summed E-state index contributed by atoms with van der Waals surface area (Å²) in [6, 6.07) is 4.27. The van der Waals surface area contributed by atoms with Crippen molar-refractivity contribution in [1.29, 1.82) is 0 Å². The summed E-state index contributed by atoms with van der Waals surface area (Å²) in [6.07, 6.45) is 1.03. The smallest absolute Gasteiger partial charge is 0.273 e. The molecule has 0 N–H and O–H groups in total. The number of thiophene rings is 1. The van der Waals surface area contributed by atoms with E-state index in [1.807, 2.05) is 17.2 Å². The number of carbonyl (C=O) groups excluding carboxylic acids is 1.